The topological polar surface area (TPSA) is 74.7 Å². The molecule has 0 saturated heterocycles. The average Bonchev–Trinajstić information content (AvgIpc) is 3.08. The second-order valence-electron chi connectivity index (χ2n) is 5.65. The number of aliphatic hydroxyl groups is 1. The van der Waals surface area contributed by atoms with Crippen molar-refractivity contribution in [3.8, 4) is 0 Å². The minimum absolute atomic E-state index is 0. The van der Waals surface area contributed by atoms with Crippen LogP contribution >= 0.6 is 24.0 Å². The van der Waals surface area contributed by atoms with Crippen molar-refractivity contribution in [1.82, 2.24) is 15.2 Å². The highest BCUT2D eigenvalue weighted by Crippen LogP contribution is 2.21. The first kappa shape index (κ1) is 19.6. The minimum atomic E-state index is -1.10. The van der Waals surface area contributed by atoms with E-state index in [1.165, 1.54) is 5.56 Å². The van der Waals surface area contributed by atoms with Gasteiger partial charge in [0, 0.05) is 33.0 Å². The van der Waals surface area contributed by atoms with Crippen LogP contribution in [0.3, 0.4) is 0 Å². The number of nitrogens with zero attached hydrogens (tertiary/aromatic N) is 2. The Bertz CT molecular complexity index is 646. The van der Waals surface area contributed by atoms with E-state index in [9.17, 15) is 5.11 Å². The van der Waals surface area contributed by atoms with Gasteiger partial charge in [-0.15, -0.1) is 24.0 Å². The van der Waals surface area contributed by atoms with E-state index in [4.69, 9.17) is 4.42 Å². The van der Waals surface area contributed by atoms with Crippen molar-refractivity contribution in [3.63, 3.8) is 0 Å². The molecule has 2 heterocycles. The second-order valence-corrected chi connectivity index (χ2v) is 5.65. The number of hydrogen-bond acceptors (Lipinski definition) is 3. The lowest BCUT2D eigenvalue weighted by Gasteiger charge is -2.22. The van der Waals surface area contributed by atoms with Crippen LogP contribution in [0.5, 0.6) is 0 Å². The maximum absolute atomic E-state index is 10.5. The Labute approximate surface area is 154 Å². The van der Waals surface area contributed by atoms with E-state index in [0.29, 0.717) is 24.8 Å². The molecule has 23 heavy (non-hydrogen) atoms. The summed E-state index contributed by atoms with van der Waals surface area (Å²) in [4.78, 5) is 4.16. The Morgan fingerprint density at radius 3 is 2.61 bits per heavy atom. The predicted molar refractivity (Wildman–Crippen MR) is 102 cm³/mol. The number of furan rings is 1. The van der Waals surface area contributed by atoms with Gasteiger partial charge < -0.3 is 24.7 Å². The number of aryl methyl sites for hydroxylation is 2. The van der Waals surface area contributed by atoms with Crippen LogP contribution in [0.4, 0.5) is 0 Å². The van der Waals surface area contributed by atoms with Crippen molar-refractivity contribution in [2.24, 2.45) is 12.0 Å². The first-order valence-electron chi connectivity index (χ1n) is 7.25. The van der Waals surface area contributed by atoms with E-state index in [2.05, 4.69) is 15.6 Å². The molecular formula is C16H25IN4O2. The van der Waals surface area contributed by atoms with E-state index in [0.717, 1.165) is 5.76 Å². The monoisotopic (exact) mass is 432 g/mol. The molecule has 0 saturated carbocycles. The Morgan fingerprint density at radius 1 is 1.35 bits per heavy atom. The molecule has 0 radical (unpaired) electrons. The highest BCUT2D eigenvalue weighted by Gasteiger charge is 2.27. The van der Waals surface area contributed by atoms with Crippen LogP contribution in [-0.4, -0.2) is 29.2 Å². The fourth-order valence-electron chi connectivity index (χ4n) is 2.14. The number of nitrogens with one attached hydrogen (secondary N) is 2. The lowest BCUT2D eigenvalue weighted by Crippen LogP contribution is -2.44. The molecule has 128 valence electrons. The van der Waals surface area contributed by atoms with E-state index >= 15 is 0 Å². The van der Waals surface area contributed by atoms with Crippen LogP contribution in [0.25, 0.3) is 0 Å². The van der Waals surface area contributed by atoms with Crippen LogP contribution < -0.4 is 10.6 Å². The van der Waals surface area contributed by atoms with Crippen LogP contribution in [-0.2, 0) is 19.2 Å². The standard InChI is InChI=1S/C16H24N4O2.HI/c1-12-5-6-14(22-12)16(2,21)11-19-15(17-3)18-9-13-7-8-20(4)10-13;/h5-8,10,21H,9,11H2,1-4H3,(H2,17,18,19);1H. The molecule has 1 atom stereocenters. The van der Waals surface area contributed by atoms with Gasteiger partial charge in [-0.3, -0.25) is 4.99 Å². The van der Waals surface area contributed by atoms with Crippen LogP contribution in [0.2, 0.25) is 0 Å². The third-order valence-electron chi connectivity index (χ3n) is 3.45. The van der Waals surface area contributed by atoms with E-state index in [-0.39, 0.29) is 24.0 Å². The van der Waals surface area contributed by atoms with Gasteiger partial charge in [0.25, 0.3) is 0 Å². The molecule has 0 aromatic carbocycles. The van der Waals surface area contributed by atoms with Crippen molar-refractivity contribution in [2.75, 3.05) is 13.6 Å². The fourth-order valence-corrected chi connectivity index (χ4v) is 2.14. The van der Waals surface area contributed by atoms with Gasteiger partial charge in [-0.05, 0) is 37.6 Å². The number of aromatic nitrogens is 1. The molecule has 1 unspecified atom stereocenters. The van der Waals surface area contributed by atoms with E-state index in [1.807, 2.05) is 43.1 Å². The maximum atomic E-state index is 10.5. The van der Waals surface area contributed by atoms with Gasteiger partial charge in [0.05, 0.1) is 6.54 Å². The number of guanidine groups is 1. The zero-order chi connectivity index (χ0) is 16.2. The zero-order valence-electron chi connectivity index (χ0n) is 14.0. The predicted octanol–water partition coefficient (Wildman–Crippen LogP) is 2.12. The van der Waals surface area contributed by atoms with Crippen molar-refractivity contribution in [3.05, 3.63) is 47.7 Å². The molecule has 6 nitrogen and oxygen atoms in total. The maximum Gasteiger partial charge on any atom is 0.191 e. The molecule has 3 N–H and O–H groups in total. The third-order valence-corrected chi connectivity index (χ3v) is 3.45. The van der Waals surface area contributed by atoms with E-state index in [1.54, 1.807) is 20.0 Å². The summed E-state index contributed by atoms with van der Waals surface area (Å²) in [6.07, 6.45) is 4.04. The van der Waals surface area contributed by atoms with Gasteiger partial charge >= 0.3 is 0 Å². The summed E-state index contributed by atoms with van der Waals surface area (Å²) < 4.78 is 7.49. The van der Waals surface area contributed by atoms with Crippen molar-refractivity contribution in [2.45, 2.75) is 26.0 Å². The lowest BCUT2D eigenvalue weighted by molar-refractivity contribution is 0.0378. The Morgan fingerprint density at radius 2 is 2.09 bits per heavy atom. The first-order valence-corrected chi connectivity index (χ1v) is 7.25. The molecule has 0 fully saturated rings. The molecule has 2 aromatic heterocycles. The molecule has 0 bridgehead atoms. The second kappa shape index (κ2) is 8.39. The largest absolute Gasteiger partial charge is 0.463 e. The summed E-state index contributed by atoms with van der Waals surface area (Å²) in [7, 11) is 3.69. The quantitative estimate of drug-likeness (QED) is 0.385. The van der Waals surface area contributed by atoms with Crippen molar-refractivity contribution >= 4 is 29.9 Å². The van der Waals surface area contributed by atoms with Gasteiger partial charge in [0.15, 0.2) is 5.96 Å². The SMILES string of the molecule is CN=C(NCc1ccn(C)c1)NCC(C)(O)c1ccc(C)o1.I. The third kappa shape index (κ3) is 5.58. The van der Waals surface area contributed by atoms with Gasteiger partial charge in [-0.1, -0.05) is 0 Å². The highest BCUT2D eigenvalue weighted by molar-refractivity contribution is 14.0. The van der Waals surface area contributed by atoms with Gasteiger partial charge in [-0.25, -0.2) is 0 Å². The smallest absolute Gasteiger partial charge is 0.191 e. The molecule has 0 spiro atoms. The Balaban J connectivity index is 0.00000264. The van der Waals surface area contributed by atoms with Gasteiger partial charge in [0.2, 0.25) is 0 Å². The summed E-state index contributed by atoms with van der Waals surface area (Å²) in [5, 5.41) is 16.8. The van der Waals surface area contributed by atoms with Gasteiger partial charge in [0.1, 0.15) is 17.1 Å². The van der Waals surface area contributed by atoms with Crippen molar-refractivity contribution in [1.29, 1.82) is 0 Å². The molecule has 0 aliphatic carbocycles. The molecule has 2 rings (SSSR count). The van der Waals surface area contributed by atoms with Crippen LogP contribution in [0.1, 0.15) is 24.0 Å². The number of aliphatic imine (C=N–C) groups is 1. The van der Waals surface area contributed by atoms with Crippen LogP contribution in [0, 0.1) is 6.92 Å². The molecule has 2 aromatic rings. The first-order chi connectivity index (χ1) is 10.4. The number of rotatable bonds is 5. The Hall–Kier alpha value is -1.48. The summed E-state index contributed by atoms with van der Waals surface area (Å²) in [5.41, 5.74) is 0.0670. The number of hydrogen-bond donors (Lipinski definition) is 3. The van der Waals surface area contributed by atoms with Crippen molar-refractivity contribution < 1.29 is 9.52 Å². The lowest BCUT2D eigenvalue weighted by atomic mass is 10.0. The zero-order valence-corrected chi connectivity index (χ0v) is 16.3. The number of halogens is 1. The minimum Gasteiger partial charge on any atom is -0.463 e. The highest BCUT2D eigenvalue weighted by atomic mass is 127. The van der Waals surface area contributed by atoms with E-state index < -0.39 is 5.60 Å². The molecule has 7 heteroatoms. The average molecular weight is 432 g/mol. The molecule has 0 amide bonds. The molecule has 0 aliphatic heterocycles. The summed E-state index contributed by atoms with van der Waals surface area (Å²) in [6, 6.07) is 5.67. The fraction of sp³-hybridized carbons (Fsp3) is 0.438. The summed E-state index contributed by atoms with van der Waals surface area (Å²) >= 11 is 0. The molecule has 0 aliphatic rings. The Kier molecular flexibility index (Phi) is 7.14. The summed E-state index contributed by atoms with van der Waals surface area (Å²) in [5.74, 6) is 1.95. The normalized spacial score (nSPS) is 14.0. The molecular weight excluding hydrogens is 407 g/mol. The van der Waals surface area contributed by atoms with Crippen LogP contribution in [0.15, 0.2) is 40.0 Å². The summed E-state index contributed by atoms with van der Waals surface area (Å²) in [6.45, 7) is 4.53. The van der Waals surface area contributed by atoms with Gasteiger partial charge in [-0.2, -0.15) is 0 Å².